The molecule has 1 aromatic heterocycles. The van der Waals surface area contributed by atoms with Crippen LogP contribution in [0.15, 0.2) is 42.6 Å². The fourth-order valence-electron chi connectivity index (χ4n) is 2.73. The number of nitrogens with one attached hydrogen (secondary N) is 1. The molecule has 4 nitrogen and oxygen atoms in total. The van der Waals surface area contributed by atoms with Crippen LogP contribution in [0.4, 0.5) is 5.69 Å². The second kappa shape index (κ2) is 6.60. The molecule has 0 atom stereocenters. The third kappa shape index (κ3) is 3.11. The van der Waals surface area contributed by atoms with Crippen LogP contribution < -0.4 is 5.32 Å². The van der Waals surface area contributed by atoms with Gasteiger partial charge in [-0.1, -0.05) is 31.2 Å². The minimum absolute atomic E-state index is 0.0107. The highest BCUT2D eigenvalue weighted by Gasteiger charge is 2.22. The Labute approximate surface area is 131 Å². The summed E-state index contributed by atoms with van der Waals surface area (Å²) in [4.78, 5) is 18.8. The van der Waals surface area contributed by atoms with Crippen molar-refractivity contribution in [3.8, 4) is 0 Å². The Hall–Kier alpha value is -2.36. The molecule has 0 aliphatic carbocycles. The van der Waals surface area contributed by atoms with E-state index >= 15 is 0 Å². The summed E-state index contributed by atoms with van der Waals surface area (Å²) in [6, 6.07) is 12.1. The molecule has 0 fully saturated rings. The Morgan fingerprint density at radius 3 is 2.77 bits per heavy atom. The van der Waals surface area contributed by atoms with Gasteiger partial charge in [0.2, 0.25) is 0 Å². The smallest absolute Gasteiger partial charge is 0.272 e. The van der Waals surface area contributed by atoms with Crippen LogP contribution >= 0.6 is 0 Å². The van der Waals surface area contributed by atoms with Crippen LogP contribution in [-0.2, 0) is 13.0 Å². The summed E-state index contributed by atoms with van der Waals surface area (Å²) in [5.74, 6) is 0.0107. The Kier molecular flexibility index (Phi) is 4.37. The number of nitrogens with zero attached hydrogens (tertiary/aromatic N) is 2. The van der Waals surface area contributed by atoms with Crippen LogP contribution in [0.5, 0.6) is 0 Å². The van der Waals surface area contributed by atoms with Gasteiger partial charge in [0.25, 0.3) is 5.91 Å². The molecule has 2 heterocycles. The second-order valence-electron chi connectivity index (χ2n) is 5.60. The van der Waals surface area contributed by atoms with E-state index in [4.69, 9.17) is 0 Å². The van der Waals surface area contributed by atoms with Gasteiger partial charge in [0, 0.05) is 19.6 Å². The van der Waals surface area contributed by atoms with E-state index in [2.05, 4.69) is 35.4 Å². The molecule has 1 aliphatic rings. The van der Waals surface area contributed by atoms with E-state index < -0.39 is 0 Å². The highest BCUT2D eigenvalue weighted by atomic mass is 16.2. The maximum atomic E-state index is 12.6. The van der Waals surface area contributed by atoms with Gasteiger partial charge in [0.15, 0.2) is 0 Å². The van der Waals surface area contributed by atoms with E-state index in [0.29, 0.717) is 12.2 Å². The molecular formula is C18H21N3O. The molecule has 4 heteroatoms. The monoisotopic (exact) mass is 295 g/mol. The molecule has 0 radical (unpaired) electrons. The van der Waals surface area contributed by atoms with E-state index in [9.17, 15) is 4.79 Å². The molecule has 1 aliphatic heterocycles. The molecule has 0 saturated carbocycles. The SMILES string of the molecule is CCCNc1ccc(C(=O)N2CCc3ccccc3C2)nc1. The van der Waals surface area contributed by atoms with E-state index in [1.54, 1.807) is 12.3 Å². The largest absolute Gasteiger partial charge is 0.384 e. The number of hydrogen-bond donors (Lipinski definition) is 1. The van der Waals surface area contributed by atoms with Crippen LogP contribution in [0.3, 0.4) is 0 Å². The van der Waals surface area contributed by atoms with Crippen molar-refractivity contribution in [3.63, 3.8) is 0 Å². The average molecular weight is 295 g/mol. The van der Waals surface area contributed by atoms with Gasteiger partial charge in [-0.05, 0) is 36.1 Å². The van der Waals surface area contributed by atoms with Crippen molar-refractivity contribution >= 4 is 11.6 Å². The van der Waals surface area contributed by atoms with Gasteiger partial charge in [-0.15, -0.1) is 0 Å². The van der Waals surface area contributed by atoms with Crippen LogP contribution in [0.1, 0.15) is 35.0 Å². The lowest BCUT2D eigenvalue weighted by Crippen LogP contribution is -2.36. The lowest BCUT2D eigenvalue weighted by atomic mass is 10.00. The number of aromatic nitrogens is 1. The Morgan fingerprint density at radius 2 is 2.05 bits per heavy atom. The fraction of sp³-hybridized carbons (Fsp3) is 0.333. The van der Waals surface area contributed by atoms with Gasteiger partial charge in [0.1, 0.15) is 5.69 Å². The van der Waals surface area contributed by atoms with E-state index in [0.717, 1.165) is 31.6 Å². The first-order chi connectivity index (χ1) is 10.8. The maximum absolute atomic E-state index is 12.6. The molecular weight excluding hydrogens is 274 g/mol. The number of carbonyl (C=O) groups is 1. The van der Waals surface area contributed by atoms with E-state index in [1.165, 1.54) is 11.1 Å². The summed E-state index contributed by atoms with van der Waals surface area (Å²) < 4.78 is 0. The number of pyridine rings is 1. The van der Waals surface area contributed by atoms with Crippen LogP contribution in [-0.4, -0.2) is 28.9 Å². The summed E-state index contributed by atoms with van der Waals surface area (Å²) in [5.41, 5.74) is 4.06. The predicted octanol–water partition coefficient (Wildman–Crippen LogP) is 3.10. The number of fused-ring (bicyclic) bond motifs is 1. The highest BCUT2D eigenvalue weighted by Crippen LogP contribution is 2.20. The second-order valence-corrected chi connectivity index (χ2v) is 5.60. The van der Waals surface area contributed by atoms with Gasteiger partial charge < -0.3 is 10.2 Å². The molecule has 0 unspecified atom stereocenters. The standard InChI is InChI=1S/C18H21N3O/c1-2-10-19-16-7-8-17(20-12-16)18(22)21-11-9-14-5-3-4-6-15(14)13-21/h3-8,12,19H,2,9-11,13H2,1H3. The molecule has 1 N–H and O–H groups in total. The number of amides is 1. The number of hydrogen-bond acceptors (Lipinski definition) is 3. The fourth-order valence-corrected chi connectivity index (χ4v) is 2.73. The highest BCUT2D eigenvalue weighted by molar-refractivity contribution is 5.92. The van der Waals surface area contributed by atoms with Crippen molar-refractivity contribution in [1.29, 1.82) is 0 Å². The topological polar surface area (TPSA) is 45.2 Å². The molecule has 114 valence electrons. The lowest BCUT2D eigenvalue weighted by Gasteiger charge is -2.28. The lowest BCUT2D eigenvalue weighted by molar-refractivity contribution is 0.0729. The van der Waals surface area contributed by atoms with Crippen molar-refractivity contribution in [2.24, 2.45) is 0 Å². The quantitative estimate of drug-likeness (QED) is 0.942. The van der Waals surface area contributed by atoms with Gasteiger partial charge >= 0.3 is 0 Å². The minimum atomic E-state index is 0.0107. The molecule has 3 rings (SSSR count). The summed E-state index contributed by atoms with van der Waals surface area (Å²) in [6.45, 7) is 4.46. The summed E-state index contributed by atoms with van der Waals surface area (Å²) in [6.07, 6.45) is 3.71. The van der Waals surface area contributed by atoms with Gasteiger partial charge in [-0.3, -0.25) is 4.79 Å². The Morgan fingerprint density at radius 1 is 1.23 bits per heavy atom. The number of rotatable bonds is 4. The first-order valence-corrected chi connectivity index (χ1v) is 7.84. The molecule has 2 aromatic rings. The molecule has 1 amide bonds. The third-order valence-electron chi connectivity index (χ3n) is 3.98. The van der Waals surface area contributed by atoms with Crippen molar-refractivity contribution in [3.05, 3.63) is 59.4 Å². The Bertz CT molecular complexity index is 652. The van der Waals surface area contributed by atoms with Crippen molar-refractivity contribution in [2.45, 2.75) is 26.3 Å². The Balaban J connectivity index is 1.69. The number of anilines is 1. The zero-order chi connectivity index (χ0) is 15.4. The molecule has 0 saturated heterocycles. The van der Waals surface area contributed by atoms with Crippen LogP contribution in [0.2, 0.25) is 0 Å². The zero-order valence-electron chi connectivity index (χ0n) is 12.9. The first kappa shape index (κ1) is 14.6. The first-order valence-electron chi connectivity index (χ1n) is 7.84. The van der Waals surface area contributed by atoms with Gasteiger partial charge in [0.05, 0.1) is 11.9 Å². The van der Waals surface area contributed by atoms with Crippen LogP contribution in [0.25, 0.3) is 0 Å². The van der Waals surface area contributed by atoms with Crippen molar-refractivity contribution < 1.29 is 4.79 Å². The zero-order valence-corrected chi connectivity index (χ0v) is 12.9. The van der Waals surface area contributed by atoms with Gasteiger partial charge in [-0.25, -0.2) is 4.98 Å². The number of benzene rings is 1. The van der Waals surface area contributed by atoms with E-state index in [-0.39, 0.29) is 5.91 Å². The summed E-state index contributed by atoms with van der Waals surface area (Å²) >= 11 is 0. The van der Waals surface area contributed by atoms with Crippen LogP contribution in [0, 0.1) is 0 Å². The number of carbonyl (C=O) groups excluding carboxylic acids is 1. The average Bonchev–Trinajstić information content (AvgIpc) is 2.59. The maximum Gasteiger partial charge on any atom is 0.272 e. The summed E-state index contributed by atoms with van der Waals surface area (Å²) in [5, 5.41) is 3.27. The summed E-state index contributed by atoms with van der Waals surface area (Å²) in [7, 11) is 0. The van der Waals surface area contributed by atoms with Crippen molar-refractivity contribution in [1.82, 2.24) is 9.88 Å². The molecule has 0 bridgehead atoms. The van der Waals surface area contributed by atoms with Gasteiger partial charge in [-0.2, -0.15) is 0 Å². The van der Waals surface area contributed by atoms with E-state index in [1.807, 2.05) is 17.0 Å². The molecule has 0 spiro atoms. The predicted molar refractivity (Wildman–Crippen MR) is 87.9 cm³/mol. The molecule has 1 aromatic carbocycles. The molecule has 22 heavy (non-hydrogen) atoms. The normalized spacial score (nSPS) is 13.6. The third-order valence-corrected chi connectivity index (χ3v) is 3.98. The minimum Gasteiger partial charge on any atom is -0.384 e. The van der Waals surface area contributed by atoms with Crippen molar-refractivity contribution in [2.75, 3.05) is 18.4 Å².